The summed E-state index contributed by atoms with van der Waals surface area (Å²) in [5.74, 6) is 0.686. The van der Waals surface area contributed by atoms with Crippen molar-refractivity contribution in [2.75, 3.05) is 19.6 Å². The van der Waals surface area contributed by atoms with Gasteiger partial charge in [-0.3, -0.25) is 4.79 Å². The number of nitrogens with zero attached hydrogens (tertiary/aromatic N) is 1. The van der Waals surface area contributed by atoms with E-state index in [0.717, 1.165) is 26.1 Å². The molecule has 4 heteroatoms. The molecule has 17 heavy (non-hydrogen) atoms. The summed E-state index contributed by atoms with van der Waals surface area (Å²) in [7, 11) is 0. The summed E-state index contributed by atoms with van der Waals surface area (Å²) in [6.45, 7) is 6.48. The SMILES string of the molecule is CCNC1CC(c2cccs2)CN(C(C)=O)C1. The Labute approximate surface area is 107 Å². The number of piperidine rings is 1. The number of hydrogen-bond donors (Lipinski definition) is 1. The van der Waals surface area contributed by atoms with Gasteiger partial charge in [0.2, 0.25) is 5.91 Å². The first-order valence-corrected chi connectivity index (χ1v) is 7.11. The number of likely N-dealkylation sites (N-methyl/N-ethyl adjacent to an activating group) is 1. The first kappa shape index (κ1) is 12.6. The molecular formula is C13H20N2OS. The summed E-state index contributed by atoms with van der Waals surface area (Å²) in [6, 6.07) is 4.71. The van der Waals surface area contributed by atoms with E-state index in [-0.39, 0.29) is 5.91 Å². The third-order valence-electron chi connectivity index (χ3n) is 3.33. The van der Waals surface area contributed by atoms with Crippen LogP contribution in [0.3, 0.4) is 0 Å². The molecule has 0 saturated carbocycles. The third kappa shape index (κ3) is 3.07. The maximum Gasteiger partial charge on any atom is 0.219 e. The van der Waals surface area contributed by atoms with Gasteiger partial charge >= 0.3 is 0 Å². The van der Waals surface area contributed by atoms with E-state index in [1.54, 1.807) is 18.3 Å². The lowest BCUT2D eigenvalue weighted by Crippen LogP contribution is -2.49. The van der Waals surface area contributed by atoms with E-state index in [9.17, 15) is 4.79 Å². The zero-order chi connectivity index (χ0) is 12.3. The van der Waals surface area contributed by atoms with Crippen molar-refractivity contribution in [2.45, 2.75) is 32.2 Å². The van der Waals surface area contributed by atoms with Crippen LogP contribution in [0.4, 0.5) is 0 Å². The Balaban J connectivity index is 2.08. The van der Waals surface area contributed by atoms with Crippen molar-refractivity contribution in [3.63, 3.8) is 0 Å². The number of amides is 1. The van der Waals surface area contributed by atoms with Crippen molar-refractivity contribution >= 4 is 17.2 Å². The molecule has 2 unspecified atom stereocenters. The normalized spacial score (nSPS) is 24.9. The van der Waals surface area contributed by atoms with E-state index in [1.165, 1.54) is 4.88 Å². The van der Waals surface area contributed by atoms with Crippen LogP contribution < -0.4 is 5.32 Å². The fourth-order valence-electron chi connectivity index (χ4n) is 2.52. The molecule has 1 aromatic rings. The van der Waals surface area contributed by atoms with Gasteiger partial charge in [0.1, 0.15) is 0 Å². The topological polar surface area (TPSA) is 32.3 Å². The maximum absolute atomic E-state index is 11.6. The van der Waals surface area contributed by atoms with Crippen molar-refractivity contribution in [1.82, 2.24) is 10.2 Å². The highest BCUT2D eigenvalue weighted by molar-refractivity contribution is 7.10. The van der Waals surface area contributed by atoms with E-state index < -0.39 is 0 Å². The van der Waals surface area contributed by atoms with Gasteiger partial charge in [-0.05, 0) is 24.4 Å². The Morgan fingerprint density at radius 3 is 3.00 bits per heavy atom. The summed E-state index contributed by atoms with van der Waals surface area (Å²) in [5, 5.41) is 5.59. The molecule has 2 heterocycles. The minimum Gasteiger partial charge on any atom is -0.341 e. The largest absolute Gasteiger partial charge is 0.341 e. The molecule has 1 saturated heterocycles. The van der Waals surface area contributed by atoms with Gasteiger partial charge in [0.15, 0.2) is 0 Å². The molecule has 0 bridgehead atoms. The summed E-state index contributed by atoms with van der Waals surface area (Å²) in [5.41, 5.74) is 0. The van der Waals surface area contributed by atoms with Gasteiger partial charge in [-0.15, -0.1) is 11.3 Å². The van der Waals surface area contributed by atoms with E-state index >= 15 is 0 Å². The first-order chi connectivity index (χ1) is 8.20. The summed E-state index contributed by atoms with van der Waals surface area (Å²) in [6.07, 6.45) is 1.14. The second kappa shape index (κ2) is 5.65. The molecule has 1 aliphatic heterocycles. The molecule has 2 atom stereocenters. The van der Waals surface area contributed by atoms with Crippen LogP contribution in [0, 0.1) is 0 Å². The first-order valence-electron chi connectivity index (χ1n) is 6.23. The third-order valence-corrected chi connectivity index (χ3v) is 4.37. The minimum absolute atomic E-state index is 0.189. The van der Waals surface area contributed by atoms with E-state index in [4.69, 9.17) is 0 Å². The van der Waals surface area contributed by atoms with Crippen LogP contribution in [0.15, 0.2) is 17.5 Å². The van der Waals surface area contributed by atoms with E-state index in [0.29, 0.717) is 12.0 Å². The summed E-state index contributed by atoms with van der Waals surface area (Å²) in [4.78, 5) is 14.9. The van der Waals surface area contributed by atoms with Gasteiger partial charge in [-0.2, -0.15) is 0 Å². The van der Waals surface area contributed by atoms with Gasteiger partial charge in [0, 0.05) is 36.9 Å². The van der Waals surface area contributed by atoms with Gasteiger partial charge < -0.3 is 10.2 Å². The predicted molar refractivity (Wildman–Crippen MR) is 71.4 cm³/mol. The highest BCUT2D eigenvalue weighted by Crippen LogP contribution is 2.30. The second-order valence-corrected chi connectivity index (χ2v) is 5.61. The molecular weight excluding hydrogens is 232 g/mol. The Kier molecular flexibility index (Phi) is 4.18. The van der Waals surface area contributed by atoms with Crippen molar-refractivity contribution in [3.05, 3.63) is 22.4 Å². The lowest BCUT2D eigenvalue weighted by atomic mass is 9.93. The average Bonchev–Trinajstić information content (AvgIpc) is 2.82. The zero-order valence-electron chi connectivity index (χ0n) is 10.5. The van der Waals surface area contributed by atoms with Crippen molar-refractivity contribution < 1.29 is 4.79 Å². The molecule has 2 rings (SSSR count). The molecule has 0 radical (unpaired) electrons. The average molecular weight is 252 g/mol. The molecule has 1 amide bonds. The van der Waals surface area contributed by atoms with Crippen LogP contribution >= 0.6 is 11.3 Å². The van der Waals surface area contributed by atoms with Crippen LogP contribution in [0.2, 0.25) is 0 Å². The standard InChI is InChI=1S/C13H20N2OS/c1-3-14-12-7-11(13-5-4-6-17-13)8-15(9-12)10(2)16/h4-6,11-12,14H,3,7-9H2,1-2H3. The van der Waals surface area contributed by atoms with E-state index in [2.05, 4.69) is 29.8 Å². The number of carbonyl (C=O) groups excluding carboxylic acids is 1. The van der Waals surface area contributed by atoms with Crippen LogP contribution in [0.1, 0.15) is 31.1 Å². The fraction of sp³-hybridized carbons (Fsp3) is 0.615. The van der Waals surface area contributed by atoms with Crippen LogP contribution in [0.25, 0.3) is 0 Å². The number of nitrogens with one attached hydrogen (secondary N) is 1. The number of hydrogen-bond acceptors (Lipinski definition) is 3. The van der Waals surface area contributed by atoms with Gasteiger partial charge in [0.05, 0.1) is 0 Å². The van der Waals surface area contributed by atoms with Crippen molar-refractivity contribution in [3.8, 4) is 0 Å². The minimum atomic E-state index is 0.189. The molecule has 1 aromatic heterocycles. The molecule has 3 nitrogen and oxygen atoms in total. The fourth-order valence-corrected chi connectivity index (χ4v) is 3.36. The molecule has 0 aromatic carbocycles. The summed E-state index contributed by atoms with van der Waals surface area (Å²) >= 11 is 1.80. The lowest BCUT2D eigenvalue weighted by molar-refractivity contribution is -0.130. The lowest BCUT2D eigenvalue weighted by Gasteiger charge is -2.37. The number of likely N-dealkylation sites (tertiary alicyclic amines) is 1. The van der Waals surface area contributed by atoms with E-state index in [1.807, 2.05) is 4.90 Å². The summed E-state index contributed by atoms with van der Waals surface area (Å²) < 4.78 is 0. The zero-order valence-corrected chi connectivity index (χ0v) is 11.3. The second-order valence-electron chi connectivity index (χ2n) is 4.63. The molecule has 0 aliphatic carbocycles. The van der Waals surface area contributed by atoms with Crippen molar-refractivity contribution in [1.29, 1.82) is 0 Å². The van der Waals surface area contributed by atoms with Crippen LogP contribution in [-0.4, -0.2) is 36.5 Å². The number of carbonyl (C=O) groups is 1. The van der Waals surface area contributed by atoms with Gasteiger partial charge in [-0.1, -0.05) is 13.0 Å². The highest BCUT2D eigenvalue weighted by atomic mass is 32.1. The monoisotopic (exact) mass is 252 g/mol. The van der Waals surface area contributed by atoms with Gasteiger partial charge in [-0.25, -0.2) is 0 Å². The highest BCUT2D eigenvalue weighted by Gasteiger charge is 2.29. The molecule has 1 N–H and O–H groups in total. The van der Waals surface area contributed by atoms with Crippen molar-refractivity contribution in [2.24, 2.45) is 0 Å². The van der Waals surface area contributed by atoms with Crippen LogP contribution in [0.5, 0.6) is 0 Å². The molecule has 94 valence electrons. The predicted octanol–water partition coefficient (Wildman–Crippen LogP) is 2.06. The Morgan fingerprint density at radius 2 is 2.41 bits per heavy atom. The smallest absolute Gasteiger partial charge is 0.219 e. The van der Waals surface area contributed by atoms with Crippen LogP contribution in [-0.2, 0) is 4.79 Å². The molecule has 0 spiro atoms. The number of thiophene rings is 1. The maximum atomic E-state index is 11.6. The Bertz CT molecular complexity index is 364. The molecule has 1 aliphatic rings. The van der Waals surface area contributed by atoms with Gasteiger partial charge in [0.25, 0.3) is 0 Å². The molecule has 1 fully saturated rings. The Hall–Kier alpha value is -0.870. The Morgan fingerprint density at radius 1 is 1.59 bits per heavy atom. The number of rotatable bonds is 3. The quantitative estimate of drug-likeness (QED) is 0.893.